The molecule has 0 aliphatic rings. The minimum atomic E-state index is 0. The smallest absolute Gasteiger partial charge is 0.152 e. The Kier molecular flexibility index (Phi) is 22.1. The quantitative estimate of drug-likeness (QED) is 0.243. The van der Waals surface area contributed by atoms with E-state index < -0.39 is 0 Å². The van der Waals surface area contributed by atoms with Gasteiger partial charge in [-0.2, -0.15) is 0 Å². The van der Waals surface area contributed by atoms with Crippen LogP contribution in [0, 0.1) is 4.91 Å². The van der Waals surface area contributed by atoms with Crippen molar-refractivity contribution in [3.05, 3.63) is 4.91 Å². The molecule has 0 aromatic heterocycles. The van der Waals surface area contributed by atoms with E-state index in [1.807, 2.05) is 0 Å². The van der Waals surface area contributed by atoms with Crippen molar-refractivity contribution in [2.24, 2.45) is 5.34 Å². The van der Waals surface area contributed by atoms with Crippen molar-refractivity contribution in [2.75, 3.05) is 0 Å². The van der Waals surface area contributed by atoms with Crippen LogP contribution in [0.2, 0.25) is 0 Å². The monoisotopic (exact) mass is 70.0 g/mol. The summed E-state index contributed by atoms with van der Waals surface area (Å²) in [6.07, 6.45) is 0. The van der Waals surface area contributed by atoms with E-state index in [2.05, 4.69) is 0 Å². The molecule has 1 N–H and O–H groups in total. The molecule has 0 aliphatic carbocycles. The maximum atomic E-state index is 8.11. The maximum absolute atomic E-state index is 8.11. The van der Waals surface area contributed by atoms with E-state index >= 15 is 0 Å². The minimum absolute atomic E-state index is 0. The fourth-order valence-corrected chi connectivity index (χ4v) is 0. The van der Waals surface area contributed by atoms with E-state index in [4.69, 9.17) is 10.1 Å². The van der Waals surface area contributed by atoms with Crippen molar-refractivity contribution in [3.63, 3.8) is 0 Å². The molecule has 0 bridgehead atoms. The predicted octanol–water partition coefficient (Wildman–Crippen LogP) is -0.239. The molecule has 0 spiro atoms. The van der Waals surface area contributed by atoms with Gasteiger partial charge >= 0.3 is 0 Å². The average Bonchev–Trinajstić information content (AvgIpc) is 0.918. The molecule has 4 heavy (non-hydrogen) atoms. The van der Waals surface area contributed by atoms with Crippen LogP contribution in [0.1, 0.15) is 0 Å². The predicted molar refractivity (Wildman–Crippen MR) is 13.3 cm³/mol. The number of rotatable bonds is 0. The van der Waals surface area contributed by atoms with E-state index in [0.29, 0.717) is 0 Å². The summed E-state index contributed by atoms with van der Waals surface area (Å²) in [5.74, 6) is 0. The van der Waals surface area contributed by atoms with Crippen LogP contribution in [-0.2, 0) is 0 Å². The molecule has 0 heterocycles. The van der Waals surface area contributed by atoms with E-state index in [1.54, 1.807) is 0 Å². The molecule has 0 rings (SSSR count). The van der Waals surface area contributed by atoms with Crippen LogP contribution < -0.4 is 0 Å². The topological polar surface area (TPSA) is 49.7 Å². The summed E-state index contributed by atoms with van der Waals surface area (Å²) in [5, 5.41) is 7.89. The third-order valence-electron chi connectivity index (χ3n) is 0. The van der Waals surface area contributed by atoms with Gasteiger partial charge in [0, 0.05) is 29.6 Å². The Morgan fingerprint density at radius 2 is 1.75 bits per heavy atom. The zero-order valence-electron chi connectivity index (χ0n) is 2.30. The molecule has 0 saturated carbocycles. The summed E-state index contributed by atoms with van der Waals surface area (Å²) in [6, 6.07) is 0. The standard InChI is InChI=1S/HNO2.Na/c2-1-3;/h(H,2,3);. The maximum Gasteiger partial charge on any atom is 0.152 e. The molecule has 0 aliphatic heterocycles. The summed E-state index contributed by atoms with van der Waals surface area (Å²) in [6.45, 7) is 0. The first kappa shape index (κ1) is 8.83. The molecule has 0 atom stereocenters. The molecule has 0 fully saturated rings. The number of hydrogen-bond acceptors (Lipinski definition) is 2. The Morgan fingerprint density at radius 1 is 1.75 bits per heavy atom. The molecular weight excluding hydrogens is 69.0 g/mol. The number of hydrogen-bond donors (Lipinski definition) is 1. The van der Waals surface area contributed by atoms with Gasteiger partial charge in [0.05, 0.1) is 0 Å². The van der Waals surface area contributed by atoms with Crippen LogP contribution in [0.3, 0.4) is 0 Å². The minimum Gasteiger partial charge on any atom is -0.379 e. The van der Waals surface area contributed by atoms with Gasteiger partial charge in [-0.15, -0.1) is 4.91 Å². The Bertz CT molecular complexity index is 13.5. The first-order chi connectivity index (χ1) is 1.41. The van der Waals surface area contributed by atoms with Gasteiger partial charge in [0.15, 0.2) is 5.34 Å². The Labute approximate surface area is 45.2 Å². The molecule has 1 radical (unpaired) electrons. The Balaban J connectivity index is 0. The van der Waals surface area contributed by atoms with E-state index in [1.165, 1.54) is 5.34 Å². The third-order valence-corrected chi connectivity index (χ3v) is 0. The van der Waals surface area contributed by atoms with Crippen LogP contribution in [0.5, 0.6) is 0 Å². The van der Waals surface area contributed by atoms with Crippen LogP contribution in [-0.4, -0.2) is 34.8 Å². The molecule has 0 unspecified atom stereocenters. The third kappa shape index (κ3) is 29.4. The molecular formula is HNNaO2. The fourth-order valence-electron chi connectivity index (χ4n) is 0. The van der Waals surface area contributed by atoms with Crippen LogP contribution in [0.15, 0.2) is 5.34 Å². The van der Waals surface area contributed by atoms with E-state index in [9.17, 15) is 0 Å². The van der Waals surface area contributed by atoms with Crippen molar-refractivity contribution in [3.8, 4) is 0 Å². The van der Waals surface area contributed by atoms with Crippen molar-refractivity contribution in [1.82, 2.24) is 0 Å². The van der Waals surface area contributed by atoms with Crippen molar-refractivity contribution in [1.29, 1.82) is 0 Å². The summed E-state index contributed by atoms with van der Waals surface area (Å²) < 4.78 is 0. The van der Waals surface area contributed by atoms with Gasteiger partial charge in [0.2, 0.25) is 0 Å². The molecule has 0 aromatic carbocycles. The van der Waals surface area contributed by atoms with Crippen molar-refractivity contribution >= 4 is 29.6 Å². The summed E-state index contributed by atoms with van der Waals surface area (Å²) in [7, 11) is 0. The molecule has 3 nitrogen and oxygen atoms in total. The van der Waals surface area contributed by atoms with Gasteiger partial charge in [-0.25, -0.2) is 0 Å². The van der Waals surface area contributed by atoms with E-state index in [0.717, 1.165) is 0 Å². The second kappa shape index (κ2) is 9.99. The normalized spacial score (nSPS) is 3.00. The van der Waals surface area contributed by atoms with Crippen molar-refractivity contribution in [2.45, 2.75) is 0 Å². The zero-order chi connectivity index (χ0) is 2.71. The van der Waals surface area contributed by atoms with E-state index in [-0.39, 0.29) is 29.6 Å². The summed E-state index contributed by atoms with van der Waals surface area (Å²) in [4.78, 5) is 8.11. The van der Waals surface area contributed by atoms with Crippen molar-refractivity contribution < 1.29 is 5.21 Å². The van der Waals surface area contributed by atoms with Gasteiger partial charge < -0.3 is 5.21 Å². The Hall–Kier alpha value is 0.400. The Morgan fingerprint density at radius 3 is 1.75 bits per heavy atom. The van der Waals surface area contributed by atoms with Crippen LogP contribution in [0.4, 0.5) is 0 Å². The van der Waals surface area contributed by atoms with Crippen LogP contribution in [0.25, 0.3) is 0 Å². The fraction of sp³-hybridized carbons (Fsp3) is 0. The van der Waals surface area contributed by atoms with Gasteiger partial charge in [0.1, 0.15) is 0 Å². The zero-order valence-corrected chi connectivity index (χ0v) is 4.30. The SMILES string of the molecule is O=NO.[Na]. The first-order valence-electron chi connectivity index (χ1n) is 0.383. The molecule has 0 saturated heterocycles. The average molecular weight is 70.0 g/mol. The molecule has 0 amide bonds. The van der Waals surface area contributed by atoms with Gasteiger partial charge in [0.25, 0.3) is 0 Å². The van der Waals surface area contributed by atoms with Gasteiger partial charge in [-0.05, 0) is 0 Å². The van der Waals surface area contributed by atoms with Gasteiger partial charge in [-0.1, -0.05) is 0 Å². The summed E-state index contributed by atoms with van der Waals surface area (Å²) >= 11 is 0. The summed E-state index contributed by atoms with van der Waals surface area (Å²) in [5.41, 5.74) is 0. The largest absolute Gasteiger partial charge is 0.379 e. The second-order valence-corrected chi connectivity index (χ2v) is 0.0816. The van der Waals surface area contributed by atoms with Crippen LogP contribution >= 0.6 is 0 Å². The first-order valence-corrected chi connectivity index (χ1v) is 0.383. The molecule has 19 valence electrons. The number of nitrogens with zero attached hydrogens (tertiary/aromatic N) is 1. The molecule has 0 aromatic rings. The molecule has 4 heteroatoms. The second-order valence-electron chi connectivity index (χ2n) is 0.0816. The van der Waals surface area contributed by atoms with Gasteiger partial charge in [-0.3, -0.25) is 0 Å².